The molecule has 0 aliphatic heterocycles. The number of hydrogen-bond donors (Lipinski definition) is 0. The van der Waals surface area contributed by atoms with Crippen LogP contribution in [0.2, 0.25) is 0 Å². The van der Waals surface area contributed by atoms with Crippen LogP contribution in [0.5, 0.6) is 5.75 Å². The van der Waals surface area contributed by atoms with Gasteiger partial charge in [0.2, 0.25) is 0 Å². The fourth-order valence-corrected chi connectivity index (χ4v) is 3.85. The van der Waals surface area contributed by atoms with Crippen LogP contribution < -0.4 is 4.74 Å². The summed E-state index contributed by atoms with van der Waals surface area (Å²) in [5.41, 5.74) is 0.351. The van der Waals surface area contributed by atoms with Crippen molar-refractivity contribution < 1.29 is 4.74 Å². The molecule has 1 aliphatic carbocycles. The van der Waals surface area contributed by atoms with Crippen molar-refractivity contribution in [3.63, 3.8) is 0 Å². The summed E-state index contributed by atoms with van der Waals surface area (Å²) in [6.45, 7) is 0.843. The highest BCUT2D eigenvalue weighted by molar-refractivity contribution is 9.09. The average Bonchev–Trinajstić information content (AvgIpc) is 2.46. The van der Waals surface area contributed by atoms with E-state index < -0.39 is 0 Å². The molecule has 0 heterocycles. The minimum absolute atomic E-state index is 0.351. The molecule has 1 saturated carbocycles. The number of rotatable bonds is 5. The molecule has 1 aromatic carbocycles. The summed E-state index contributed by atoms with van der Waals surface area (Å²) in [5, 5.41) is 1.06. The zero-order chi connectivity index (χ0) is 12.8. The summed E-state index contributed by atoms with van der Waals surface area (Å²) in [4.78, 5) is 1.23. The fraction of sp³-hybridized carbons (Fsp3) is 0.600. The molecule has 0 unspecified atom stereocenters. The molecule has 0 spiro atoms. The Bertz CT molecular complexity index is 375. The number of para-hydroxylation sites is 1. The second-order valence-corrected chi connectivity index (χ2v) is 6.54. The monoisotopic (exact) mass is 328 g/mol. The van der Waals surface area contributed by atoms with Gasteiger partial charge in [-0.3, -0.25) is 0 Å². The van der Waals surface area contributed by atoms with Gasteiger partial charge in [-0.25, -0.2) is 0 Å². The number of alkyl halides is 1. The van der Waals surface area contributed by atoms with Crippen molar-refractivity contribution in [2.75, 3.05) is 18.2 Å². The van der Waals surface area contributed by atoms with E-state index in [-0.39, 0.29) is 0 Å². The van der Waals surface area contributed by atoms with E-state index >= 15 is 0 Å². The number of halogens is 1. The van der Waals surface area contributed by atoms with Crippen molar-refractivity contribution in [2.45, 2.75) is 37.0 Å². The van der Waals surface area contributed by atoms with E-state index in [2.05, 4.69) is 46.5 Å². The Hall–Kier alpha value is -0.150. The molecule has 1 nitrogen and oxygen atoms in total. The molecule has 1 fully saturated rings. The molecule has 3 heteroatoms. The third kappa shape index (κ3) is 3.45. The van der Waals surface area contributed by atoms with E-state index in [1.54, 1.807) is 11.8 Å². The maximum Gasteiger partial charge on any atom is 0.132 e. The Kier molecular flexibility index (Phi) is 5.43. The molecule has 100 valence electrons. The number of thioether (sulfide) groups is 1. The minimum atomic E-state index is 0.351. The van der Waals surface area contributed by atoms with E-state index in [4.69, 9.17) is 4.74 Å². The van der Waals surface area contributed by atoms with Crippen molar-refractivity contribution in [1.29, 1.82) is 0 Å². The van der Waals surface area contributed by atoms with Gasteiger partial charge in [-0.15, -0.1) is 11.8 Å². The number of benzene rings is 1. The van der Waals surface area contributed by atoms with Crippen LogP contribution in [0.4, 0.5) is 0 Å². The molecule has 0 amide bonds. The SMILES string of the molecule is CSc1ccccc1OCC1(CBr)CCCCC1. The van der Waals surface area contributed by atoms with Gasteiger partial charge in [-0.1, -0.05) is 47.3 Å². The fourth-order valence-electron chi connectivity index (χ4n) is 2.59. The first kappa shape index (κ1) is 14.3. The second kappa shape index (κ2) is 6.85. The predicted molar refractivity (Wildman–Crippen MR) is 83.0 cm³/mol. The lowest BCUT2D eigenvalue weighted by Crippen LogP contribution is -2.32. The van der Waals surface area contributed by atoms with Crippen molar-refractivity contribution in [3.8, 4) is 5.75 Å². The quantitative estimate of drug-likeness (QED) is 0.547. The summed E-state index contributed by atoms with van der Waals surface area (Å²) in [5.74, 6) is 1.04. The molecule has 0 bridgehead atoms. The van der Waals surface area contributed by atoms with Crippen LogP contribution in [0.15, 0.2) is 29.2 Å². The minimum Gasteiger partial charge on any atom is -0.492 e. The summed E-state index contributed by atoms with van der Waals surface area (Å²) < 4.78 is 6.11. The Balaban J connectivity index is 2.01. The van der Waals surface area contributed by atoms with Crippen molar-refractivity contribution >= 4 is 27.7 Å². The number of ether oxygens (including phenoxy) is 1. The van der Waals surface area contributed by atoms with E-state index in [9.17, 15) is 0 Å². The predicted octanol–water partition coefficient (Wildman–Crippen LogP) is 5.13. The lowest BCUT2D eigenvalue weighted by atomic mass is 9.76. The highest BCUT2D eigenvalue weighted by Crippen LogP contribution is 2.39. The van der Waals surface area contributed by atoms with E-state index in [1.165, 1.54) is 37.0 Å². The van der Waals surface area contributed by atoms with E-state index in [0.717, 1.165) is 17.7 Å². The molecular weight excluding hydrogens is 308 g/mol. The van der Waals surface area contributed by atoms with Crippen LogP contribution in [0, 0.1) is 5.41 Å². The molecule has 2 rings (SSSR count). The first-order valence-corrected chi connectivity index (χ1v) is 8.96. The molecule has 0 aromatic heterocycles. The summed E-state index contributed by atoms with van der Waals surface area (Å²) in [6.07, 6.45) is 8.76. The van der Waals surface area contributed by atoms with Crippen LogP contribution >= 0.6 is 27.7 Å². The second-order valence-electron chi connectivity index (χ2n) is 5.13. The van der Waals surface area contributed by atoms with E-state index in [1.807, 2.05) is 0 Å². The van der Waals surface area contributed by atoms with Gasteiger partial charge in [-0.2, -0.15) is 0 Å². The van der Waals surface area contributed by atoms with Crippen LogP contribution in [-0.2, 0) is 0 Å². The normalized spacial score (nSPS) is 18.6. The molecule has 18 heavy (non-hydrogen) atoms. The largest absolute Gasteiger partial charge is 0.492 e. The maximum absolute atomic E-state index is 6.11. The summed E-state index contributed by atoms with van der Waals surface area (Å²) in [7, 11) is 0. The van der Waals surface area contributed by atoms with E-state index in [0.29, 0.717) is 5.41 Å². The Morgan fingerprint density at radius 3 is 2.61 bits per heavy atom. The van der Waals surface area contributed by atoms with Crippen molar-refractivity contribution in [3.05, 3.63) is 24.3 Å². The highest BCUT2D eigenvalue weighted by atomic mass is 79.9. The Labute approximate surface area is 123 Å². The van der Waals surface area contributed by atoms with Gasteiger partial charge >= 0.3 is 0 Å². The molecule has 0 N–H and O–H groups in total. The third-order valence-corrected chi connectivity index (χ3v) is 5.77. The lowest BCUT2D eigenvalue weighted by molar-refractivity contribution is 0.120. The molecule has 0 radical (unpaired) electrons. The summed E-state index contributed by atoms with van der Waals surface area (Å²) in [6, 6.07) is 8.33. The van der Waals surface area contributed by atoms with Gasteiger partial charge in [-0.05, 0) is 31.2 Å². The van der Waals surface area contributed by atoms with Gasteiger partial charge < -0.3 is 4.74 Å². The zero-order valence-corrected chi connectivity index (χ0v) is 13.4. The summed E-state index contributed by atoms with van der Waals surface area (Å²) >= 11 is 5.44. The lowest BCUT2D eigenvalue weighted by Gasteiger charge is -2.35. The molecule has 1 aromatic rings. The first-order chi connectivity index (χ1) is 8.79. The van der Waals surface area contributed by atoms with Crippen LogP contribution in [0.25, 0.3) is 0 Å². The molecule has 0 saturated heterocycles. The van der Waals surface area contributed by atoms with Gasteiger partial charge in [0.25, 0.3) is 0 Å². The Morgan fingerprint density at radius 2 is 1.94 bits per heavy atom. The van der Waals surface area contributed by atoms with Crippen LogP contribution in [0.3, 0.4) is 0 Å². The highest BCUT2D eigenvalue weighted by Gasteiger charge is 2.32. The van der Waals surface area contributed by atoms with Crippen molar-refractivity contribution in [2.24, 2.45) is 5.41 Å². The van der Waals surface area contributed by atoms with Gasteiger partial charge in [0.15, 0.2) is 0 Å². The molecule has 0 atom stereocenters. The zero-order valence-electron chi connectivity index (χ0n) is 11.0. The average molecular weight is 329 g/mol. The van der Waals surface area contributed by atoms with Gasteiger partial charge in [0.05, 0.1) is 6.61 Å². The van der Waals surface area contributed by atoms with Crippen LogP contribution in [-0.4, -0.2) is 18.2 Å². The van der Waals surface area contributed by atoms with Gasteiger partial charge in [0.1, 0.15) is 5.75 Å². The topological polar surface area (TPSA) is 9.23 Å². The van der Waals surface area contributed by atoms with Crippen LogP contribution in [0.1, 0.15) is 32.1 Å². The Morgan fingerprint density at radius 1 is 1.22 bits per heavy atom. The van der Waals surface area contributed by atoms with Crippen molar-refractivity contribution in [1.82, 2.24) is 0 Å². The smallest absolute Gasteiger partial charge is 0.132 e. The molecular formula is C15H21BrOS. The maximum atomic E-state index is 6.11. The third-order valence-electron chi connectivity index (χ3n) is 3.80. The van der Waals surface area contributed by atoms with Gasteiger partial charge in [0, 0.05) is 15.6 Å². The number of hydrogen-bond acceptors (Lipinski definition) is 2. The first-order valence-electron chi connectivity index (χ1n) is 6.61. The molecule has 1 aliphatic rings. The standard InChI is InChI=1S/C15H21BrOS/c1-18-14-8-4-3-7-13(14)17-12-15(11-16)9-5-2-6-10-15/h3-4,7-8H,2,5-6,9-12H2,1H3.